The second-order valence-corrected chi connectivity index (χ2v) is 5.85. The molecule has 0 spiro atoms. The lowest BCUT2D eigenvalue weighted by Gasteiger charge is -2.10. The van der Waals surface area contributed by atoms with Crippen molar-refractivity contribution in [3.8, 4) is 0 Å². The highest BCUT2D eigenvalue weighted by Crippen LogP contribution is 2.09. The number of nitrogens with zero attached hydrogens (tertiary/aromatic N) is 2. The van der Waals surface area contributed by atoms with Gasteiger partial charge in [0.2, 0.25) is 0 Å². The third-order valence-corrected chi connectivity index (χ3v) is 3.86. The van der Waals surface area contributed by atoms with Crippen LogP contribution in [0.25, 0.3) is 0 Å². The fourth-order valence-electron chi connectivity index (χ4n) is 1.37. The molecule has 1 aromatic rings. The summed E-state index contributed by atoms with van der Waals surface area (Å²) in [7, 11) is 0.784. The van der Waals surface area contributed by atoms with Gasteiger partial charge in [0.05, 0.1) is 0 Å². The Labute approximate surface area is 110 Å². The van der Waals surface area contributed by atoms with Crippen LogP contribution < -0.4 is 11.1 Å². The van der Waals surface area contributed by atoms with Gasteiger partial charge in [0.25, 0.3) is 0 Å². The highest BCUT2D eigenvalue weighted by Gasteiger charge is 2.06. The number of nitrogens with one attached hydrogen (secondary N) is 1. The molecular weight excluding hydrogens is 252 g/mol. The molecule has 0 saturated heterocycles. The minimum absolute atomic E-state index is 0.162. The van der Waals surface area contributed by atoms with E-state index in [0.29, 0.717) is 30.6 Å². The molecule has 2 atom stereocenters. The first-order valence-electron chi connectivity index (χ1n) is 5.71. The van der Waals surface area contributed by atoms with Crippen molar-refractivity contribution in [3.63, 3.8) is 0 Å². The van der Waals surface area contributed by atoms with E-state index in [-0.39, 0.29) is 5.25 Å². The third kappa shape index (κ3) is 4.97. The molecule has 0 saturated carbocycles. The fraction of sp³-hybridized carbons (Fsp3) is 0.636. The quantitative estimate of drug-likeness (QED) is 0.762. The molecule has 0 aliphatic rings. The number of anilines is 2. The summed E-state index contributed by atoms with van der Waals surface area (Å²) in [6, 6.07) is 1.67. The summed E-state index contributed by atoms with van der Waals surface area (Å²) in [5.41, 5.74) is 5.67. The van der Waals surface area contributed by atoms with Crippen LogP contribution in [0.1, 0.15) is 19.2 Å². The van der Waals surface area contributed by atoms with Gasteiger partial charge in [0, 0.05) is 42.0 Å². The van der Waals surface area contributed by atoms with Crippen molar-refractivity contribution in [1.82, 2.24) is 9.97 Å². The van der Waals surface area contributed by atoms with E-state index in [1.165, 1.54) is 0 Å². The summed E-state index contributed by atoms with van der Waals surface area (Å²) in [5.74, 6) is 1.63. The van der Waals surface area contributed by atoms with E-state index in [9.17, 15) is 4.21 Å². The van der Waals surface area contributed by atoms with Crippen LogP contribution in [0.4, 0.5) is 11.6 Å². The van der Waals surface area contributed by atoms with Crippen molar-refractivity contribution < 1.29 is 8.95 Å². The first kappa shape index (κ1) is 14.8. The van der Waals surface area contributed by atoms with Crippen molar-refractivity contribution in [1.29, 1.82) is 0 Å². The monoisotopic (exact) mass is 272 g/mol. The number of ether oxygens (including phenoxy) is 1. The van der Waals surface area contributed by atoms with E-state index in [1.54, 1.807) is 19.4 Å². The second-order valence-electron chi connectivity index (χ2n) is 4.05. The van der Waals surface area contributed by atoms with Crippen molar-refractivity contribution >= 4 is 22.4 Å². The Morgan fingerprint density at radius 1 is 1.56 bits per heavy atom. The maximum Gasteiger partial charge on any atom is 0.158 e. The zero-order valence-electron chi connectivity index (χ0n) is 11.0. The lowest BCUT2D eigenvalue weighted by Crippen LogP contribution is -2.16. The van der Waals surface area contributed by atoms with Crippen LogP contribution in [-0.2, 0) is 22.1 Å². The number of hydrogen-bond acceptors (Lipinski definition) is 6. The summed E-state index contributed by atoms with van der Waals surface area (Å²) < 4.78 is 16.2. The molecule has 0 amide bonds. The van der Waals surface area contributed by atoms with E-state index in [4.69, 9.17) is 10.5 Å². The van der Waals surface area contributed by atoms with Crippen LogP contribution in [0.5, 0.6) is 0 Å². The number of methoxy groups -OCH3 is 1. The number of nitrogens with two attached hydrogens (primary N) is 1. The van der Waals surface area contributed by atoms with Gasteiger partial charge in [-0.15, -0.1) is 0 Å². The lowest BCUT2D eigenvalue weighted by molar-refractivity contribution is 0.178. The van der Waals surface area contributed by atoms with Crippen molar-refractivity contribution in [2.75, 3.05) is 31.0 Å². The van der Waals surface area contributed by atoms with Gasteiger partial charge in [-0.2, -0.15) is 0 Å². The van der Waals surface area contributed by atoms with Crippen LogP contribution in [0.3, 0.4) is 0 Å². The van der Waals surface area contributed by atoms with Crippen LogP contribution in [0, 0.1) is 0 Å². The third-order valence-electron chi connectivity index (χ3n) is 2.49. The largest absolute Gasteiger partial charge is 0.384 e. The molecule has 0 radical (unpaired) electrons. The highest BCUT2D eigenvalue weighted by molar-refractivity contribution is 7.84. The predicted octanol–water partition coefficient (Wildman–Crippen LogP) is 0.774. The Hall–Kier alpha value is -1.21. The van der Waals surface area contributed by atoms with Gasteiger partial charge in [0.15, 0.2) is 5.82 Å². The second kappa shape index (κ2) is 7.27. The SMILES string of the molecule is COCc1nc(N)cc(NCCC(C)S(C)=O)n1. The summed E-state index contributed by atoms with van der Waals surface area (Å²) in [4.78, 5) is 8.31. The summed E-state index contributed by atoms with van der Waals surface area (Å²) in [6.07, 6.45) is 2.52. The van der Waals surface area contributed by atoms with Crippen molar-refractivity contribution in [2.24, 2.45) is 0 Å². The first-order chi connectivity index (χ1) is 8.52. The van der Waals surface area contributed by atoms with Crippen LogP contribution >= 0.6 is 0 Å². The Morgan fingerprint density at radius 2 is 2.28 bits per heavy atom. The molecule has 0 fully saturated rings. The molecule has 6 nitrogen and oxygen atoms in total. The maximum atomic E-state index is 11.2. The summed E-state index contributed by atoms with van der Waals surface area (Å²) in [5, 5.41) is 3.31. The summed E-state index contributed by atoms with van der Waals surface area (Å²) >= 11 is 0. The normalized spacial score (nSPS) is 14.2. The van der Waals surface area contributed by atoms with Gasteiger partial charge >= 0.3 is 0 Å². The molecule has 18 heavy (non-hydrogen) atoms. The highest BCUT2D eigenvalue weighted by atomic mass is 32.2. The topological polar surface area (TPSA) is 90.1 Å². The van der Waals surface area contributed by atoms with E-state index in [2.05, 4.69) is 15.3 Å². The van der Waals surface area contributed by atoms with Gasteiger partial charge in [0.1, 0.15) is 18.2 Å². The minimum Gasteiger partial charge on any atom is -0.384 e. The first-order valence-corrected chi connectivity index (χ1v) is 7.33. The molecule has 1 aromatic heterocycles. The van der Waals surface area contributed by atoms with Crippen LogP contribution in [-0.4, -0.2) is 39.3 Å². The van der Waals surface area contributed by atoms with Gasteiger partial charge in [-0.05, 0) is 6.42 Å². The lowest BCUT2D eigenvalue weighted by atomic mass is 10.3. The van der Waals surface area contributed by atoms with Crippen LogP contribution in [0.15, 0.2) is 6.07 Å². The van der Waals surface area contributed by atoms with Gasteiger partial charge in [-0.3, -0.25) is 4.21 Å². The Bertz CT molecular complexity index is 414. The average Bonchev–Trinajstić information content (AvgIpc) is 2.28. The zero-order valence-corrected chi connectivity index (χ0v) is 11.8. The molecule has 0 aliphatic carbocycles. The number of aromatic nitrogens is 2. The zero-order chi connectivity index (χ0) is 13.5. The minimum atomic E-state index is -0.797. The molecule has 1 rings (SSSR count). The smallest absolute Gasteiger partial charge is 0.158 e. The average molecular weight is 272 g/mol. The van der Waals surface area contributed by atoms with Gasteiger partial charge in [-0.25, -0.2) is 9.97 Å². The molecule has 1 heterocycles. The number of hydrogen-bond donors (Lipinski definition) is 2. The predicted molar refractivity (Wildman–Crippen MR) is 73.8 cm³/mol. The fourth-order valence-corrected chi connectivity index (χ4v) is 1.82. The molecule has 0 aromatic carbocycles. The molecule has 102 valence electrons. The molecule has 7 heteroatoms. The maximum absolute atomic E-state index is 11.2. The Balaban J connectivity index is 2.53. The van der Waals surface area contributed by atoms with Gasteiger partial charge in [-0.1, -0.05) is 6.92 Å². The number of nitrogen functional groups attached to an aromatic ring is 1. The standard InChI is InChI=1S/C11H20N4O2S/c1-8(18(3)16)4-5-13-10-6-9(12)14-11(15-10)7-17-2/h6,8H,4-5,7H2,1-3H3,(H3,12,13,14,15). The van der Waals surface area contributed by atoms with E-state index >= 15 is 0 Å². The van der Waals surface area contributed by atoms with E-state index in [1.807, 2.05) is 6.92 Å². The molecule has 0 bridgehead atoms. The van der Waals surface area contributed by atoms with E-state index in [0.717, 1.165) is 6.42 Å². The molecule has 3 N–H and O–H groups in total. The molecule has 2 unspecified atom stereocenters. The Morgan fingerprint density at radius 3 is 2.89 bits per heavy atom. The van der Waals surface area contributed by atoms with E-state index < -0.39 is 10.8 Å². The Kier molecular flexibility index (Phi) is 6.00. The molecular formula is C11H20N4O2S. The van der Waals surface area contributed by atoms with Crippen LogP contribution in [0.2, 0.25) is 0 Å². The van der Waals surface area contributed by atoms with Gasteiger partial charge < -0.3 is 15.8 Å². The van der Waals surface area contributed by atoms with Crippen molar-refractivity contribution in [3.05, 3.63) is 11.9 Å². The van der Waals surface area contributed by atoms with Crippen molar-refractivity contribution in [2.45, 2.75) is 25.2 Å². The number of rotatable bonds is 7. The molecule has 0 aliphatic heterocycles. The summed E-state index contributed by atoms with van der Waals surface area (Å²) in [6.45, 7) is 2.99.